The monoisotopic (exact) mass is 528 g/mol. The fourth-order valence-electron chi connectivity index (χ4n) is 3.82. The van der Waals surface area contributed by atoms with Crippen molar-refractivity contribution in [2.45, 2.75) is 57.5 Å². The van der Waals surface area contributed by atoms with E-state index in [0.717, 1.165) is 12.2 Å². The number of anilines is 1. The topological polar surface area (TPSA) is 95.8 Å². The van der Waals surface area contributed by atoms with Gasteiger partial charge in [-0.25, -0.2) is 14.5 Å². The molecule has 198 valence electrons. The number of pyridine rings is 1. The fourth-order valence-corrected chi connectivity index (χ4v) is 4.58. The lowest BCUT2D eigenvalue weighted by molar-refractivity contribution is -0.138. The molecule has 1 aliphatic rings. The summed E-state index contributed by atoms with van der Waals surface area (Å²) < 4.78 is 58.7. The van der Waals surface area contributed by atoms with Crippen LogP contribution < -0.4 is 15.2 Å². The van der Waals surface area contributed by atoms with E-state index in [1.165, 1.54) is 30.3 Å². The molecule has 0 aliphatic carbocycles. The maximum absolute atomic E-state index is 14.0. The van der Waals surface area contributed by atoms with Gasteiger partial charge in [0.25, 0.3) is 5.56 Å². The molecule has 3 heterocycles. The third-order valence-electron chi connectivity index (χ3n) is 5.77. The first-order valence-corrected chi connectivity index (χ1v) is 15.3. The van der Waals surface area contributed by atoms with Crippen molar-refractivity contribution in [2.24, 2.45) is 0 Å². The van der Waals surface area contributed by atoms with Crippen LogP contribution in [0.25, 0.3) is 0 Å². The van der Waals surface area contributed by atoms with Gasteiger partial charge in [0.05, 0.1) is 25.0 Å². The Morgan fingerprint density at radius 1 is 1.28 bits per heavy atom. The number of hydrogen-bond acceptors (Lipinski definition) is 8. The van der Waals surface area contributed by atoms with Crippen LogP contribution >= 0.6 is 0 Å². The van der Waals surface area contributed by atoms with Crippen molar-refractivity contribution in [1.82, 2.24) is 14.8 Å². The van der Waals surface area contributed by atoms with Crippen molar-refractivity contribution < 1.29 is 32.2 Å². The van der Waals surface area contributed by atoms with Crippen molar-refractivity contribution in [3.63, 3.8) is 0 Å². The number of alkyl halides is 3. The van der Waals surface area contributed by atoms with E-state index in [2.05, 4.69) is 34.5 Å². The predicted octanol–water partition coefficient (Wildman–Crippen LogP) is 3.80. The van der Waals surface area contributed by atoms with Gasteiger partial charge in [-0.05, 0) is 25.0 Å². The van der Waals surface area contributed by atoms with Crippen LogP contribution in [-0.2, 0) is 22.4 Å². The SMILES string of the molecule is COC(=O)c1cc(OC[C@@H]2CCCN2c2cnn(COCC[Si](C)(C)C)c(=O)c2C(F)(F)F)ccn1. The lowest BCUT2D eigenvalue weighted by Gasteiger charge is -2.29. The Morgan fingerprint density at radius 3 is 2.69 bits per heavy atom. The molecule has 9 nitrogen and oxygen atoms in total. The minimum atomic E-state index is -4.87. The van der Waals surface area contributed by atoms with Gasteiger partial charge in [0.15, 0.2) is 5.69 Å². The normalized spacial score (nSPS) is 16.3. The van der Waals surface area contributed by atoms with Gasteiger partial charge in [-0.3, -0.25) is 4.79 Å². The van der Waals surface area contributed by atoms with Crippen LogP contribution in [0.3, 0.4) is 0 Å². The molecule has 3 rings (SSSR count). The first-order chi connectivity index (χ1) is 16.9. The van der Waals surface area contributed by atoms with Gasteiger partial charge < -0.3 is 19.1 Å². The molecule has 0 bridgehead atoms. The van der Waals surface area contributed by atoms with Crippen LogP contribution in [0.15, 0.2) is 29.3 Å². The summed E-state index contributed by atoms with van der Waals surface area (Å²) in [4.78, 5) is 29.9. The van der Waals surface area contributed by atoms with E-state index in [-0.39, 0.29) is 24.7 Å². The summed E-state index contributed by atoms with van der Waals surface area (Å²) in [7, 11) is -0.156. The minimum Gasteiger partial charge on any atom is -0.491 e. The molecule has 0 radical (unpaired) electrons. The highest BCUT2D eigenvalue weighted by atomic mass is 28.3. The molecule has 36 heavy (non-hydrogen) atoms. The van der Waals surface area contributed by atoms with Gasteiger partial charge in [0, 0.05) is 33.5 Å². The zero-order valence-electron chi connectivity index (χ0n) is 20.8. The highest BCUT2D eigenvalue weighted by Crippen LogP contribution is 2.36. The second-order valence-corrected chi connectivity index (χ2v) is 15.3. The van der Waals surface area contributed by atoms with Crippen molar-refractivity contribution in [3.05, 3.63) is 46.1 Å². The third kappa shape index (κ3) is 7.06. The smallest absolute Gasteiger partial charge is 0.423 e. The summed E-state index contributed by atoms with van der Waals surface area (Å²) in [5, 5.41) is 3.97. The maximum atomic E-state index is 14.0. The van der Waals surface area contributed by atoms with E-state index >= 15 is 0 Å². The molecule has 0 amide bonds. The van der Waals surface area contributed by atoms with Crippen LogP contribution in [0.1, 0.15) is 28.9 Å². The summed E-state index contributed by atoms with van der Waals surface area (Å²) in [5.41, 5.74) is -2.73. The highest BCUT2D eigenvalue weighted by Gasteiger charge is 2.41. The summed E-state index contributed by atoms with van der Waals surface area (Å²) in [6.07, 6.45) is -1.23. The summed E-state index contributed by atoms with van der Waals surface area (Å²) in [5.74, 6) is -0.300. The number of hydrogen-bond donors (Lipinski definition) is 0. The number of ether oxygens (including phenoxy) is 3. The van der Waals surface area contributed by atoms with Crippen LogP contribution in [0.5, 0.6) is 5.75 Å². The van der Waals surface area contributed by atoms with Gasteiger partial charge in [-0.2, -0.15) is 18.3 Å². The second kappa shape index (κ2) is 11.4. The molecule has 0 aromatic carbocycles. The predicted molar refractivity (Wildman–Crippen MR) is 129 cm³/mol. The Balaban J connectivity index is 1.78. The largest absolute Gasteiger partial charge is 0.491 e. The zero-order chi connectivity index (χ0) is 26.5. The molecule has 2 aromatic rings. The molecule has 0 N–H and O–H groups in total. The van der Waals surface area contributed by atoms with Gasteiger partial charge in [-0.1, -0.05) is 19.6 Å². The molecular weight excluding hydrogens is 497 g/mol. The Labute approximate surface area is 208 Å². The second-order valence-electron chi connectivity index (χ2n) is 9.72. The van der Waals surface area contributed by atoms with Gasteiger partial charge in [0.1, 0.15) is 24.7 Å². The van der Waals surface area contributed by atoms with Gasteiger partial charge in [-0.15, -0.1) is 0 Å². The quantitative estimate of drug-likeness (QED) is 0.261. The van der Waals surface area contributed by atoms with E-state index in [1.54, 1.807) is 0 Å². The molecule has 0 saturated carbocycles. The van der Waals surface area contributed by atoms with Crippen LogP contribution in [0, 0.1) is 0 Å². The number of rotatable bonds is 10. The first kappa shape index (κ1) is 27.7. The van der Waals surface area contributed by atoms with E-state index in [1.807, 2.05) is 0 Å². The summed E-state index contributed by atoms with van der Waals surface area (Å²) >= 11 is 0. The number of carbonyl (C=O) groups is 1. The number of halogens is 3. The van der Waals surface area contributed by atoms with Crippen LogP contribution in [0.4, 0.5) is 18.9 Å². The van der Waals surface area contributed by atoms with Crippen molar-refractivity contribution >= 4 is 19.7 Å². The molecule has 13 heteroatoms. The lowest BCUT2D eigenvalue weighted by Crippen LogP contribution is -2.40. The zero-order valence-corrected chi connectivity index (χ0v) is 21.8. The van der Waals surface area contributed by atoms with Crippen molar-refractivity contribution in [3.8, 4) is 5.75 Å². The number of nitrogens with zero attached hydrogens (tertiary/aromatic N) is 4. The molecule has 1 aliphatic heterocycles. The molecule has 1 saturated heterocycles. The summed E-state index contributed by atoms with van der Waals surface area (Å²) in [6, 6.07) is 3.33. The van der Waals surface area contributed by atoms with Gasteiger partial charge in [0.2, 0.25) is 0 Å². The number of methoxy groups -OCH3 is 1. The average Bonchev–Trinajstić information content (AvgIpc) is 3.27. The molecule has 2 aromatic heterocycles. The van der Waals surface area contributed by atoms with Crippen LogP contribution in [0.2, 0.25) is 25.7 Å². The number of carbonyl (C=O) groups excluding carboxylic acids is 1. The number of esters is 1. The van der Waals surface area contributed by atoms with E-state index in [9.17, 15) is 22.8 Å². The molecule has 1 fully saturated rings. The Bertz CT molecular complexity index is 1120. The average molecular weight is 529 g/mol. The van der Waals surface area contributed by atoms with E-state index < -0.39 is 37.4 Å². The molecule has 0 unspecified atom stereocenters. The van der Waals surface area contributed by atoms with Crippen LogP contribution in [-0.4, -0.2) is 61.7 Å². The summed E-state index contributed by atoms with van der Waals surface area (Å²) in [6.45, 7) is 6.83. The highest BCUT2D eigenvalue weighted by molar-refractivity contribution is 6.76. The molecular formula is C23H31F3N4O5Si. The Hall–Kier alpha value is -2.93. The maximum Gasteiger partial charge on any atom is 0.423 e. The van der Waals surface area contributed by atoms with Crippen molar-refractivity contribution in [2.75, 3.05) is 31.8 Å². The lowest BCUT2D eigenvalue weighted by atomic mass is 10.2. The minimum absolute atomic E-state index is 0.0464. The van der Waals surface area contributed by atoms with E-state index in [0.29, 0.717) is 36.4 Å². The van der Waals surface area contributed by atoms with Crippen molar-refractivity contribution in [1.29, 1.82) is 0 Å². The fraction of sp³-hybridized carbons (Fsp3) is 0.565. The Kier molecular flexibility index (Phi) is 8.77. The van der Waals surface area contributed by atoms with Gasteiger partial charge >= 0.3 is 12.1 Å². The molecule has 0 spiro atoms. The van der Waals surface area contributed by atoms with E-state index in [4.69, 9.17) is 9.47 Å². The third-order valence-corrected chi connectivity index (χ3v) is 7.48. The number of aromatic nitrogens is 3. The first-order valence-electron chi connectivity index (χ1n) is 11.6. The molecule has 1 atom stereocenters. The standard InChI is InChI=1S/C23H31F3N4O5Si/c1-33-22(32)18-12-17(7-8-27-18)35-14-16-6-5-9-29(16)19-13-28-30(15-34-10-11-36(2,3)4)21(31)20(19)23(24,25)26/h7-8,12-13,16H,5-6,9-11,14-15H2,1-4H3/t16-/m0/s1. The Morgan fingerprint density at radius 2 is 2.03 bits per heavy atom.